The van der Waals surface area contributed by atoms with Crippen molar-refractivity contribution in [3.8, 4) is 0 Å². The first-order valence-corrected chi connectivity index (χ1v) is 5.35. The molecule has 1 aliphatic rings. The lowest BCUT2D eigenvalue weighted by molar-refractivity contribution is 0.938. The number of hydrogen-bond donors (Lipinski definition) is 0. The Hall–Kier alpha value is -2.03. The third-order valence-corrected chi connectivity index (χ3v) is 2.84. The molecule has 0 saturated heterocycles. The van der Waals surface area contributed by atoms with Crippen LogP contribution in [0.4, 0.5) is 17.2 Å². The van der Waals surface area contributed by atoms with Crippen molar-refractivity contribution < 1.29 is 0 Å². The molecule has 16 heavy (non-hydrogen) atoms. The van der Waals surface area contributed by atoms with Gasteiger partial charge in [-0.1, -0.05) is 18.2 Å². The van der Waals surface area contributed by atoms with E-state index >= 15 is 0 Å². The van der Waals surface area contributed by atoms with Gasteiger partial charge in [0.1, 0.15) is 0 Å². The standard InChI is InChI=1S/C13H13N3/c1-15-10-16(11-6-3-2-4-7-11)12-8-5-9-14-13(12)15/h2-9H,10H2,1H3. The lowest BCUT2D eigenvalue weighted by atomic mass is 10.3. The topological polar surface area (TPSA) is 19.4 Å². The number of anilines is 3. The van der Waals surface area contributed by atoms with Crippen molar-refractivity contribution in [1.82, 2.24) is 4.98 Å². The van der Waals surface area contributed by atoms with Crippen LogP contribution in [0.15, 0.2) is 48.7 Å². The number of aromatic nitrogens is 1. The molecule has 0 spiro atoms. The summed E-state index contributed by atoms with van der Waals surface area (Å²) in [5.41, 5.74) is 2.39. The second kappa shape index (κ2) is 3.52. The largest absolute Gasteiger partial charge is 0.340 e. The van der Waals surface area contributed by atoms with Crippen LogP contribution in [0.5, 0.6) is 0 Å². The fraction of sp³-hybridized carbons (Fsp3) is 0.154. The number of fused-ring (bicyclic) bond motifs is 1. The highest BCUT2D eigenvalue weighted by atomic mass is 15.4. The second-order valence-corrected chi connectivity index (χ2v) is 3.95. The highest BCUT2D eigenvalue weighted by Crippen LogP contribution is 2.37. The molecular formula is C13H13N3. The van der Waals surface area contributed by atoms with Crippen molar-refractivity contribution in [2.45, 2.75) is 0 Å². The average molecular weight is 211 g/mol. The van der Waals surface area contributed by atoms with Crippen LogP contribution in [0.2, 0.25) is 0 Å². The van der Waals surface area contributed by atoms with Gasteiger partial charge in [-0.15, -0.1) is 0 Å². The quantitative estimate of drug-likeness (QED) is 0.722. The Kier molecular flexibility index (Phi) is 2.03. The van der Waals surface area contributed by atoms with Crippen molar-refractivity contribution >= 4 is 17.2 Å². The van der Waals surface area contributed by atoms with E-state index in [1.807, 2.05) is 18.3 Å². The molecule has 3 nitrogen and oxygen atoms in total. The van der Waals surface area contributed by atoms with E-state index in [-0.39, 0.29) is 0 Å². The molecule has 3 heteroatoms. The van der Waals surface area contributed by atoms with Crippen LogP contribution in [0.25, 0.3) is 0 Å². The number of rotatable bonds is 1. The zero-order valence-corrected chi connectivity index (χ0v) is 9.17. The van der Waals surface area contributed by atoms with E-state index in [2.05, 4.69) is 52.2 Å². The van der Waals surface area contributed by atoms with Gasteiger partial charge < -0.3 is 9.80 Å². The number of benzene rings is 1. The molecule has 0 radical (unpaired) electrons. The van der Waals surface area contributed by atoms with Gasteiger partial charge in [-0.3, -0.25) is 0 Å². The Morgan fingerprint density at radius 3 is 2.69 bits per heavy atom. The first kappa shape index (κ1) is 9.21. The van der Waals surface area contributed by atoms with E-state index in [4.69, 9.17) is 0 Å². The Labute approximate surface area is 95.0 Å². The molecule has 0 atom stereocenters. The van der Waals surface area contributed by atoms with Gasteiger partial charge >= 0.3 is 0 Å². The molecule has 0 bridgehead atoms. The Balaban J connectivity index is 2.07. The number of hydrogen-bond acceptors (Lipinski definition) is 3. The molecule has 1 aromatic carbocycles. The van der Waals surface area contributed by atoms with Crippen LogP contribution in [-0.4, -0.2) is 18.7 Å². The summed E-state index contributed by atoms with van der Waals surface area (Å²) < 4.78 is 0. The minimum Gasteiger partial charge on any atom is -0.340 e. The Morgan fingerprint density at radius 1 is 1.06 bits per heavy atom. The highest BCUT2D eigenvalue weighted by Gasteiger charge is 2.24. The number of pyridine rings is 1. The summed E-state index contributed by atoms with van der Waals surface area (Å²) in [4.78, 5) is 8.82. The fourth-order valence-corrected chi connectivity index (χ4v) is 2.08. The molecule has 3 rings (SSSR count). The van der Waals surface area contributed by atoms with E-state index in [0.717, 1.165) is 12.5 Å². The maximum absolute atomic E-state index is 4.40. The van der Waals surface area contributed by atoms with Gasteiger partial charge in [-0.05, 0) is 24.3 Å². The van der Waals surface area contributed by atoms with Crippen LogP contribution in [0, 0.1) is 0 Å². The smallest absolute Gasteiger partial charge is 0.153 e. The molecule has 0 saturated carbocycles. The van der Waals surface area contributed by atoms with Gasteiger partial charge in [-0.2, -0.15) is 0 Å². The summed E-state index contributed by atoms with van der Waals surface area (Å²) >= 11 is 0. The molecule has 2 heterocycles. The van der Waals surface area contributed by atoms with Crippen molar-refractivity contribution in [2.75, 3.05) is 23.5 Å². The highest BCUT2D eigenvalue weighted by molar-refractivity contribution is 5.79. The summed E-state index contributed by atoms with van der Waals surface area (Å²) in [6, 6.07) is 14.5. The maximum Gasteiger partial charge on any atom is 0.153 e. The summed E-state index contributed by atoms with van der Waals surface area (Å²) in [5.74, 6) is 1.05. The molecule has 0 fully saturated rings. The van der Waals surface area contributed by atoms with Crippen LogP contribution >= 0.6 is 0 Å². The molecule has 0 N–H and O–H groups in total. The lowest BCUT2D eigenvalue weighted by Gasteiger charge is -2.18. The number of nitrogens with zero attached hydrogens (tertiary/aromatic N) is 3. The minimum atomic E-state index is 0.857. The zero-order valence-electron chi connectivity index (χ0n) is 9.17. The summed E-state index contributed by atoms with van der Waals surface area (Å²) in [6.45, 7) is 0.857. The van der Waals surface area contributed by atoms with Gasteiger partial charge in [-0.25, -0.2) is 4.98 Å². The third-order valence-electron chi connectivity index (χ3n) is 2.84. The molecule has 0 aliphatic carbocycles. The van der Waals surface area contributed by atoms with Crippen LogP contribution in [-0.2, 0) is 0 Å². The van der Waals surface area contributed by atoms with E-state index in [0.29, 0.717) is 0 Å². The molecule has 2 aromatic rings. The monoisotopic (exact) mass is 211 g/mol. The first-order chi connectivity index (χ1) is 7.86. The van der Waals surface area contributed by atoms with Crippen LogP contribution in [0.1, 0.15) is 0 Å². The number of para-hydroxylation sites is 1. The normalized spacial score (nSPS) is 14.1. The minimum absolute atomic E-state index is 0.857. The van der Waals surface area contributed by atoms with Crippen LogP contribution < -0.4 is 9.80 Å². The summed E-state index contributed by atoms with van der Waals surface area (Å²) in [6.07, 6.45) is 1.84. The SMILES string of the molecule is CN1CN(c2ccccc2)c2cccnc21. The van der Waals surface area contributed by atoms with Crippen molar-refractivity contribution in [3.05, 3.63) is 48.7 Å². The Morgan fingerprint density at radius 2 is 1.88 bits per heavy atom. The van der Waals surface area contributed by atoms with Gasteiger partial charge in [0, 0.05) is 18.9 Å². The molecule has 0 unspecified atom stereocenters. The first-order valence-electron chi connectivity index (χ1n) is 5.35. The molecule has 0 amide bonds. The predicted octanol–water partition coefficient (Wildman–Crippen LogP) is 2.63. The second-order valence-electron chi connectivity index (χ2n) is 3.95. The van der Waals surface area contributed by atoms with E-state index in [1.165, 1.54) is 11.4 Å². The zero-order chi connectivity index (χ0) is 11.0. The van der Waals surface area contributed by atoms with Gasteiger partial charge in [0.25, 0.3) is 0 Å². The van der Waals surface area contributed by atoms with Crippen molar-refractivity contribution in [3.63, 3.8) is 0 Å². The third kappa shape index (κ3) is 1.33. The summed E-state index contributed by atoms with van der Waals surface area (Å²) in [7, 11) is 2.06. The lowest BCUT2D eigenvalue weighted by Crippen LogP contribution is -2.24. The van der Waals surface area contributed by atoms with Crippen LogP contribution in [0.3, 0.4) is 0 Å². The van der Waals surface area contributed by atoms with E-state index in [1.54, 1.807) is 0 Å². The molecule has 80 valence electrons. The molecule has 1 aliphatic heterocycles. The average Bonchev–Trinajstić information content (AvgIpc) is 2.69. The van der Waals surface area contributed by atoms with Crippen molar-refractivity contribution in [2.24, 2.45) is 0 Å². The van der Waals surface area contributed by atoms with Gasteiger partial charge in [0.2, 0.25) is 0 Å². The fourth-order valence-electron chi connectivity index (χ4n) is 2.08. The van der Waals surface area contributed by atoms with Gasteiger partial charge in [0.15, 0.2) is 5.82 Å². The van der Waals surface area contributed by atoms with Crippen molar-refractivity contribution in [1.29, 1.82) is 0 Å². The maximum atomic E-state index is 4.40. The van der Waals surface area contributed by atoms with Gasteiger partial charge in [0.05, 0.1) is 12.4 Å². The predicted molar refractivity (Wildman–Crippen MR) is 66.1 cm³/mol. The van der Waals surface area contributed by atoms with E-state index < -0.39 is 0 Å². The van der Waals surface area contributed by atoms with E-state index in [9.17, 15) is 0 Å². The molecular weight excluding hydrogens is 198 g/mol. The Bertz CT molecular complexity index is 496. The molecule has 1 aromatic heterocycles. The summed E-state index contributed by atoms with van der Waals surface area (Å²) in [5, 5.41) is 0.